The number of rotatable bonds is 10. The second-order valence-corrected chi connectivity index (χ2v) is 8.38. The first-order valence-electron chi connectivity index (χ1n) is 12.1. The molecule has 2 N–H and O–H groups in total. The van der Waals surface area contributed by atoms with Gasteiger partial charge in [0.15, 0.2) is 0 Å². The monoisotopic (exact) mass is 495 g/mol. The molecule has 0 saturated heterocycles. The summed E-state index contributed by atoms with van der Waals surface area (Å²) >= 11 is 0. The van der Waals surface area contributed by atoms with Crippen molar-refractivity contribution in [2.75, 3.05) is 13.2 Å². The van der Waals surface area contributed by atoms with Gasteiger partial charge in [-0.15, -0.1) is 0 Å². The molecule has 0 spiro atoms. The van der Waals surface area contributed by atoms with Gasteiger partial charge < -0.3 is 10.1 Å². The molecule has 0 atom stereocenters. The van der Waals surface area contributed by atoms with Crippen LogP contribution in [-0.4, -0.2) is 41.0 Å². The molecule has 8 heteroatoms. The average molecular weight is 496 g/mol. The largest absolute Gasteiger partial charge is 0.494 e. The maximum atomic E-state index is 12.3. The molecule has 2 amide bonds. The molecule has 0 aliphatic rings. The average Bonchev–Trinajstić information content (AvgIpc) is 3.36. The fourth-order valence-corrected chi connectivity index (χ4v) is 3.64. The lowest BCUT2D eigenvalue weighted by atomic mass is 10.1. The molecular weight excluding hydrogens is 466 g/mol. The molecule has 0 fully saturated rings. The van der Waals surface area contributed by atoms with Crippen LogP contribution in [0.25, 0.3) is 16.9 Å². The third-order valence-corrected chi connectivity index (χ3v) is 5.56. The number of aryl methyl sites for hydroxylation is 1. The van der Waals surface area contributed by atoms with Gasteiger partial charge in [-0.3, -0.25) is 9.59 Å². The van der Waals surface area contributed by atoms with Crippen LogP contribution in [0.4, 0.5) is 0 Å². The Hall–Kier alpha value is -4.72. The zero-order chi connectivity index (χ0) is 26.0. The number of nitrogens with zero attached hydrogens (tertiary/aromatic N) is 3. The Morgan fingerprint density at radius 3 is 2.46 bits per heavy atom. The lowest BCUT2D eigenvalue weighted by Gasteiger charge is -2.06. The van der Waals surface area contributed by atoms with Gasteiger partial charge in [-0.1, -0.05) is 43.3 Å². The Bertz CT molecular complexity index is 1380. The van der Waals surface area contributed by atoms with Crippen LogP contribution in [0.2, 0.25) is 0 Å². The normalized spacial score (nSPS) is 10.9. The molecule has 0 unspecified atom stereocenters. The number of carbonyl (C=O) groups excluding carboxylic acids is 2. The summed E-state index contributed by atoms with van der Waals surface area (Å²) in [5.74, 6) is 0.0472. The van der Waals surface area contributed by atoms with Crippen LogP contribution in [-0.2, 0) is 4.79 Å². The Kier molecular flexibility index (Phi) is 8.44. The molecule has 1 heterocycles. The van der Waals surface area contributed by atoms with E-state index in [-0.39, 0.29) is 12.5 Å². The van der Waals surface area contributed by atoms with Crippen LogP contribution < -0.4 is 15.5 Å². The van der Waals surface area contributed by atoms with Crippen molar-refractivity contribution in [2.45, 2.75) is 20.3 Å². The van der Waals surface area contributed by atoms with Crippen molar-refractivity contribution in [1.29, 1.82) is 0 Å². The third kappa shape index (κ3) is 6.70. The summed E-state index contributed by atoms with van der Waals surface area (Å²) in [5.41, 5.74) is 7.05. The van der Waals surface area contributed by atoms with Crippen LogP contribution in [0, 0.1) is 6.92 Å². The maximum absolute atomic E-state index is 12.3. The number of benzene rings is 3. The molecule has 0 aliphatic carbocycles. The molecule has 0 bridgehead atoms. The highest BCUT2D eigenvalue weighted by Gasteiger charge is 2.13. The summed E-state index contributed by atoms with van der Waals surface area (Å²) in [5, 5.41) is 11.5. The van der Waals surface area contributed by atoms with Crippen molar-refractivity contribution in [2.24, 2.45) is 5.10 Å². The third-order valence-electron chi connectivity index (χ3n) is 5.56. The van der Waals surface area contributed by atoms with E-state index in [2.05, 4.69) is 22.8 Å². The predicted octanol–water partition coefficient (Wildman–Crippen LogP) is 4.52. The van der Waals surface area contributed by atoms with E-state index in [1.807, 2.05) is 79.9 Å². The smallest absolute Gasteiger partial charge is 0.259 e. The molecule has 4 rings (SSSR count). The SMILES string of the molecule is CCCOc1ccc(-c2nn(-c3ccccc3)cc2C=NNC(=O)CNC(=O)c2ccccc2C)cc1. The quantitative estimate of drug-likeness (QED) is 0.250. The molecule has 0 radical (unpaired) electrons. The van der Waals surface area contributed by atoms with Crippen molar-refractivity contribution in [1.82, 2.24) is 20.5 Å². The minimum Gasteiger partial charge on any atom is -0.494 e. The molecule has 3 aromatic carbocycles. The van der Waals surface area contributed by atoms with Crippen molar-refractivity contribution in [3.63, 3.8) is 0 Å². The number of aromatic nitrogens is 2. The molecule has 8 nitrogen and oxygen atoms in total. The number of hydrazone groups is 1. The zero-order valence-electron chi connectivity index (χ0n) is 20.8. The van der Waals surface area contributed by atoms with E-state index < -0.39 is 5.91 Å². The minimum absolute atomic E-state index is 0.195. The second-order valence-electron chi connectivity index (χ2n) is 8.38. The lowest BCUT2D eigenvalue weighted by Crippen LogP contribution is -2.35. The molecular formula is C29H29N5O3. The Morgan fingerprint density at radius 1 is 1.00 bits per heavy atom. The number of ether oxygens (including phenoxy) is 1. The van der Waals surface area contributed by atoms with E-state index in [4.69, 9.17) is 9.84 Å². The highest BCUT2D eigenvalue weighted by Crippen LogP contribution is 2.25. The summed E-state index contributed by atoms with van der Waals surface area (Å²) in [7, 11) is 0. The van der Waals surface area contributed by atoms with Gasteiger partial charge in [-0.2, -0.15) is 10.2 Å². The number of hydrogen-bond donors (Lipinski definition) is 2. The summed E-state index contributed by atoms with van der Waals surface area (Å²) in [6, 6.07) is 24.6. The van der Waals surface area contributed by atoms with Crippen LogP contribution in [0.3, 0.4) is 0 Å². The van der Waals surface area contributed by atoms with Crippen molar-refractivity contribution < 1.29 is 14.3 Å². The number of hydrogen-bond acceptors (Lipinski definition) is 5. The van der Waals surface area contributed by atoms with Crippen molar-refractivity contribution in [3.8, 4) is 22.7 Å². The fourth-order valence-electron chi connectivity index (χ4n) is 3.64. The molecule has 4 aromatic rings. The molecule has 37 heavy (non-hydrogen) atoms. The zero-order valence-corrected chi connectivity index (χ0v) is 20.8. The highest BCUT2D eigenvalue weighted by molar-refractivity contribution is 5.97. The first kappa shape index (κ1) is 25.4. The summed E-state index contributed by atoms with van der Waals surface area (Å²) < 4.78 is 7.45. The van der Waals surface area contributed by atoms with Gasteiger partial charge in [0.25, 0.3) is 11.8 Å². The Morgan fingerprint density at radius 2 is 1.73 bits per heavy atom. The standard InChI is InChI=1S/C29H29N5O3/c1-3-17-37-25-15-13-22(14-16-25)28-23(20-34(33-28)24-10-5-4-6-11-24)18-31-32-27(35)19-30-29(36)26-12-8-7-9-21(26)2/h4-16,18,20H,3,17,19H2,1-2H3,(H,30,36)(H,32,35). The topological polar surface area (TPSA) is 97.6 Å². The van der Waals surface area contributed by atoms with Crippen molar-refractivity contribution >= 4 is 18.0 Å². The highest BCUT2D eigenvalue weighted by atomic mass is 16.5. The Labute approximate surface area is 216 Å². The number of carbonyl (C=O) groups is 2. The van der Waals surface area contributed by atoms with E-state index in [9.17, 15) is 9.59 Å². The van der Waals surface area contributed by atoms with Crippen molar-refractivity contribution in [3.05, 3.63) is 102 Å². The lowest BCUT2D eigenvalue weighted by molar-refractivity contribution is -0.120. The molecule has 0 aliphatic heterocycles. The van der Waals surface area contributed by atoms with Crippen LogP contribution in [0.1, 0.15) is 34.8 Å². The minimum atomic E-state index is -0.437. The van der Waals surface area contributed by atoms with Gasteiger partial charge in [0.05, 0.1) is 25.1 Å². The van der Waals surface area contributed by atoms with E-state index in [0.717, 1.165) is 34.5 Å². The maximum Gasteiger partial charge on any atom is 0.259 e. The summed E-state index contributed by atoms with van der Waals surface area (Å²) in [6.07, 6.45) is 4.33. The number of nitrogens with one attached hydrogen (secondary N) is 2. The van der Waals surface area contributed by atoms with Gasteiger partial charge in [0, 0.05) is 22.9 Å². The molecule has 188 valence electrons. The van der Waals surface area contributed by atoms with E-state index in [1.165, 1.54) is 0 Å². The first-order chi connectivity index (χ1) is 18.0. The van der Waals surface area contributed by atoms with Gasteiger partial charge in [-0.05, 0) is 61.4 Å². The van der Waals surface area contributed by atoms with E-state index >= 15 is 0 Å². The van der Waals surface area contributed by atoms with E-state index in [0.29, 0.717) is 17.9 Å². The summed E-state index contributed by atoms with van der Waals surface area (Å²) in [4.78, 5) is 24.6. The second kappa shape index (κ2) is 12.3. The summed E-state index contributed by atoms with van der Waals surface area (Å²) in [6.45, 7) is 4.37. The van der Waals surface area contributed by atoms with Crippen LogP contribution in [0.15, 0.2) is 90.2 Å². The fraction of sp³-hybridized carbons (Fsp3) is 0.172. The number of amides is 2. The van der Waals surface area contributed by atoms with Gasteiger partial charge >= 0.3 is 0 Å². The molecule has 1 aromatic heterocycles. The van der Waals surface area contributed by atoms with Gasteiger partial charge in [-0.25, -0.2) is 10.1 Å². The van der Waals surface area contributed by atoms with E-state index in [1.54, 1.807) is 23.0 Å². The predicted molar refractivity (Wildman–Crippen MR) is 144 cm³/mol. The van der Waals surface area contributed by atoms with Crippen LogP contribution in [0.5, 0.6) is 5.75 Å². The van der Waals surface area contributed by atoms with Gasteiger partial charge in [0.1, 0.15) is 11.4 Å². The van der Waals surface area contributed by atoms with Crippen LogP contribution >= 0.6 is 0 Å². The number of para-hydroxylation sites is 1. The molecule has 0 saturated carbocycles. The first-order valence-corrected chi connectivity index (χ1v) is 12.1. The Balaban J connectivity index is 1.47. The van der Waals surface area contributed by atoms with Gasteiger partial charge in [0.2, 0.25) is 0 Å².